The number of nitrogens with one attached hydrogen (secondary N) is 1. The minimum atomic E-state index is -0.328. The smallest absolute Gasteiger partial charge is 0.251 e. The molecule has 2 fully saturated rings. The third kappa shape index (κ3) is 3.46. The van der Waals surface area contributed by atoms with Crippen molar-refractivity contribution in [3.05, 3.63) is 83.3 Å². The molecule has 1 amide bonds. The fraction of sp³-hybridized carbons (Fsp3) is 0.280. The van der Waals surface area contributed by atoms with Crippen LogP contribution in [-0.2, 0) is 5.54 Å². The molecule has 148 valence electrons. The Labute approximate surface area is 175 Å². The Morgan fingerprint density at radius 3 is 2.27 bits per heavy atom. The molecule has 0 radical (unpaired) electrons. The molecule has 1 heterocycles. The second-order valence-electron chi connectivity index (χ2n) is 8.26. The van der Waals surface area contributed by atoms with Gasteiger partial charge in [0.1, 0.15) is 0 Å². The molecule has 1 N–H and O–H groups in total. The van der Waals surface area contributed by atoms with Crippen molar-refractivity contribution >= 4 is 5.91 Å². The van der Waals surface area contributed by atoms with Crippen molar-refractivity contribution in [2.45, 2.75) is 43.6 Å². The van der Waals surface area contributed by atoms with E-state index in [1.165, 1.54) is 12.8 Å². The minimum Gasteiger partial charge on any atom is -0.343 e. The van der Waals surface area contributed by atoms with Crippen LogP contribution in [0.3, 0.4) is 0 Å². The minimum absolute atomic E-state index is 0.107. The number of rotatable bonds is 5. The van der Waals surface area contributed by atoms with Crippen LogP contribution < -0.4 is 5.32 Å². The third-order valence-electron chi connectivity index (χ3n) is 6.24. The van der Waals surface area contributed by atoms with Crippen LogP contribution in [0.15, 0.2) is 60.9 Å². The molecule has 0 aliphatic heterocycles. The van der Waals surface area contributed by atoms with E-state index in [9.17, 15) is 4.79 Å². The van der Waals surface area contributed by atoms with E-state index in [1.54, 1.807) is 24.3 Å². The maximum atomic E-state index is 12.8. The highest BCUT2D eigenvalue weighted by Gasteiger charge is 2.40. The van der Waals surface area contributed by atoms with E-state index in [0.29, 0.717) is 17.0 Å². The van der Waals surface area contributed by atoms with Crippen LogP contribution in [0.1, 0.15) is 65.2 Å². The first-order valence-corrected chi connectivity index (χ1v) is 10.4. The van der Waals surface area contributed by atoms with Crippen LogP contribution in [0.4, 0.5) is 0 Å². The van der Waals surface area contributed by atoms with Gasteiger partial charge in [0.05, 0.1) is 34.8 Å². The maximum Gasteiger partial charge on any atom is 0.251 e. The second-order valence-corrected chi connectivity index (χ2v) is 8.26. The van der Waals surface area contributed by atoms with Crippen LogP contribution in [0.25, 0.3) is 11.3 Å². The topological polar surface area (TPSA) is 78.7 Å². The molecule has 0 unspecified atom stereocenters. The van der Waals surface area contributed by atoms with Crippen LogP contribution in [-0.4, -0.2) is 15.9 Å². The van der Waals surface area contributed by atoms with Crippen molar-refractivity contribution in [3.63, 3.8) is 0 Å². The molecule has 5 heteroatoms. The lowest BCUT2D eigenvalue weighted by molar-refractivity contribution is 0.0823. The molecule has 2 aliphatic rings. The van der Waals surface area contributed by atoms with Gasteiger partial charge in [-0.15, -0.1) is 0 Å². The van der Waals surface area contributed by atoms with E-state index in [-0.39, 0.29) is 11.4 Å². The molecule has 2 aliphatic carbocycles. The van der Waals surface area contributed by atoms with Gasteiger partial charge in [0.25, 0.3) is 5.91 Å². The van der Waals surface area contributed by atoms with Crippen LogP contribution in [0.5, 0.6) is 0 Å². The zero-order valence-electron chi connectivity index (χ0n) is 16.6. The lowest BCUT2D eigenvalue weighted by Crippen LogP contribution is -2.50. The Morgan fingerprint density at radius 2 is 1.73 bits per heavy atom. The van der Waals surface area contributed by atoms with E-state index >= 15 is 0 Å². The normalized spacial score (nSPS) is 16.9. The monoisotopic (exact) mass is 394 g/mol. The lowest BCUT2D eigenvalue weighted by Gasteiger charge is -2.43. The highest BCUT2D eigenvalue weighted by molar-refractivity contribution is 5.95. The zero-order chi connectivity index (χ0) is 20.6. The third-order valence-corrected chi connectivity index (χ3v) is 6.24. The first kappa shape index (κ1) is 18.5. The van der Waals surface area contributed by atoms with Gasteiger partial charge in [-0.25, -0.2) is 0 Å². The number of carbonyl (C=O) groups excluding carboxylic acids is 1. The number of nitriles is 1. The maximum absolute atomic E-state index is 12.8. The van der Waals surface area contributed by atoms with Gasteiger partial charge in [0.2, 0.25) is 0 Å². The van der Waals surface area contributed by atoms with Gasteiger partial charge in [-0.05, 0) is 61.9 Å². The van der Waals surface area contributed by atoms with Gasteiger partial charge in [0.15, 0.2) is 0 Å². The van der Waals surface area contributed by atoms with Crippen molar-refractivity contribution in [2.75, 3.05) is 0 Å². The Morgan fingerprint density at radius 1 is 1.00 bits per heavy atom. The van der Waals surface area contributed by atoms with Gasteiger partial charge < -0.3 is 5.32 Å². The summed E-state index contributed by atoms with van der Waals surface area (Å²) >= 11 is 0. The first-order valence-electron chi connectivity index (χ1n) is 10.4. The highest BCUT2D eigenvalue weighted by atomic mass is 16.1. The Hall–Kier alpha value is -3.52. The lowest BCUT2D eigenvalue weighted by atomic mass is 9.71. The molecule has 3 aromatic rings. The van der Waals surface area contributed by atoms with Gasteiger partial charge >= 0.3 is 0 Å². The number of hydrogen-bond donors (Lipinski definition) is 1. The predicted molar refractivity (Wildman–Crippen MR) is 114 cm³/mol. The SMILES string of the molecule is N#Cc1ccc(C(=O)NC2(c3ccc(-c4cnc(C5CC5)cn4)cc3)CCC2)cc1. The van der Waals surface area contributed by atoms with Crippen molar-refractivity contribution in [1.29, 1.82) is 5.26 Å². The molecule has 5 nitrogen and oxygen atoms in total. The molecule has 1 aromatic heterocycles. The molecular weight excluding hydrogens is 372 g/mol. The van der Waals surface area contributed by atoms with Crippen molar-refractivity contribution in [1.82, 2.24) is 15.3 Å². The fourth-order valence-corrected chi connectivity index (χ4v) is 4.04. The number of benzene rings is 2. The largest absolute Gasteiger partial charge is 0.343 e. The standard InChI is InChI=1S/C25H22N4O/c26-14-17-2-4-20(5-3-17)24(30)29-25(12-1-13-25)21-10-8-19(9-11-21)23-16-27-22(15-28-23)18-6-7-18/h2-5,8-11,15-16,18H,1,6-7,12-13H2,(H,29,30). The molecule has 5 rings (SSSR count). The number of aromatic nitrogens is 2. The predicted octanol–water partition coefficient (Wildman–Crippen LogP) is 4.70. The average molecular weight is 394 g/mol. The Balaban J connectivity index is 1.33. The summed E-state index contributed by atoms with van der Waals surface area (Å²) in [5.74, 6) is 0.497. The molecule has 0 bridgehead atoms. The van der Waals surface area contributed by atoms with Crippen LogP contribution in [0, 0.1) is 11.3 Å². The summed E-state index contributed by atoms with van der Waals surface area (Å²) in [4.78, 5) is 21.9. The van der Waals surface area contributed by atoms with E-state index in [2.05, 4.69) is 45.6 Å². The molecule has 2 aromatic carbocycles. The summed E-state index contributed by atoms with van der Waals surface area (Å²) in [5.41, 5.74) is 4.90. The van der Waals surface area contributed by atoms with Crippen molar-refractivity contribution in [2.24, 2.45) is 0 Å². The summed E-state index contributed by atoms with van der Waals surface area (Å²) in [6, 6.07) is 17.1. The average Bonchev–Trinajstić information content (AvgIpc) is 3.62. The van der Waals surface area contributed by atoms with Gasteiger partial charge in [0, 0.05) is 23.2 Å². The van der Waals surface area contributed by atoms with E-state index in [0.717, 1.165) is 41.8 Å². The number of hydrogen-bond acceptors (Lipinski definition) is 4. The highest BCUT2D eigenvalue weighted by Crippen LogP contribution is 2.42. The summed E-state index contributed by atoms with van der Waals surface area (Å²) < 4.78 is 0. The molecular formula is C25H22N4O. The van der Waals surface area contributed by atoms with Crippen LogP contribution >= 0.6 is 0 Å². The number of carbonyl (C=O) groups is 1. The summed E-state index contributed by atoms with van der Waals surface area (Å²) in [5, 5.41) is 12.2. The number of nitrogens with zero attached hydrogens (tertiary/aromatic N) is 3. The zero-order valence-corrected chi connectivity index (χ0v) is 16.6. The molecule has 2 saturated carbocycles. The molecule has 30 heavy (non-hydrogen) atoms. The Bertz CT molecular complexity index is 1100. The fourth-order valence-electron chi connectivity index (χ4n) is 4.04. The van der Waals surface area contributed by atoms with E-state index < -0.39 is 0 Å². The summed E-state index contributed by atoms with van der Waals surface area (Å²) in [6.07, 6.45) is 9.12. The molecule has 0 atom stereocenters. The van der Waals surface area contributed by atoms with Gasteiger partial charge in [-0.2, -0.15) is 5.26 Å². The Kier molecular flexibility index (Phi) is 4.55. The summed E-state index contributed by atoms with van der Waals surface area (Å²) in [7, 11) is 0. The number of amides is 1. The molecule has 0 spiro atoms. The summed E-state index contributed by atoms with van der Waals surface area (Å²) in [6.45, 7) is 0. The van der Waals surface area contributed by atoms with Crippen molar-refractivity contribution < 1.29 is 4.79 Å². The first-order chi connectivity index (χ1) is 14.7. The van der Waals surface area contributed by atoms with Gasteiger partial charge in [-0.3, -0.25) is 14.8 Å². The molecule has 0 saturated heterocycles. The van der Waals surface area contributed by atoms with Crippen LogP contribution in [0.2, 0.25) is 0 Å². The van der Waals surface area contributed by atoms with Gasteiger partial charge in [-0.1, -0.05) is 24.3 Å². The van der Waals surface area contributed by atoms with E-state index in [4.69, 9.17) is 5.26 Å². The van der Waals surface area contributed by atoms with Crippen molar-refractivity contribution in [3.8, 4) is 17.3 Å². The quantitative estimate of drug-likeness (QED) is 0.680. The van der Waals surface area contributed by atoms with E-state index in [1.807, 2.05) is 12.4 Å². The second kappa shape index (κ2) is 7.38.